The van der Waals surface area contributed by atoms with E-state index in [1.807, 2.05) is 6.92 Å². The Bertz CT molecular complexity index is 640. The summed E-state index contributed by atoms with van der Waals surface area (Å²) in [5.74, 6) is -0.608. The zero-order valence-electron chi connectivity index (χ0n) is 10.5. The molecule has 0 aliphatic rings. The van der Waals surface area contributed by atoms with E-state index in [-0.39, 0.29) is 16.6 Å². The average Bonchev–Trinajstić information content (AvgIpc) is 2.39. The predicted molar refractivity (Wildman–Crippen MR) is 73.2 cm³/mol. The quantitative estimate of drug-likeness (QED) is 0.790. The van der Waals surface area contributed by atoms with Gasteiger partial charge in [-0.05, 0) is 40.5 Å². The summed E-state index contributed by atoms with van der Waals surface area (Å²) < 4.78 is 52.8. The van der Waals surface area contributed by atoms with Crippen molar-refractivity contribution in [1.29, 1.82) is 0 Å². The first-order chi connectivity index (χ1) is 9.34. The van der Waals surface area contributed by atoms with Gasteiger partial charge in [-0.1, -0.05) is 6.92 Å². The van der Waals surface area contributed by atoms with E-state index < -0.39 is 17.7 Å². The molecule has 1 aromatic heterocycles. The van der Waals surface area contributed by atoms with E-state index in [0.717, 1.165) is 6.07 Å². The number of rotatable bonds is 3. The highest BCUT2D eigenvalue weighted by molar-refractivity contribution is 9.10. The molecule has 0 saturated heterocycles. The van der Waals surface area contributed by atoms with E-state index in [0.29, 0.717) is 17.4 Å². The van der Waals surface area contributed by atoms with E-state index in [4.69, 9.17) is 0 Å². The fourth-order valence-corrected chi connectivity index (χ4v) is 2.23. The topological polar surface area (TPSA) is 24.9 Å². The van der Waals surface area contributed by atoms with Crippen molar-refractivity contribution < 1.29 is 17.6 Å². The summed E-state index contributed by atoms with van der Waals surface area (Å²) in [5, 5.41) is 2.87. The molecule has 0 fully saturated rings. The second-order valence-electron chi connectivity index (χ2n) is 4.23. The second kappa shape index (κ2) is 5.55. The molecule has 1 heterocycles. The van der Waals surface area contributed by atoms with Crippen LogP contribution in [0.5, 0.6) is 0 Å². The number of anilines is 1. The minimum atomic E-state index is -4.58. The van der Waals surface area contributed by atoms with Gasteiger partial charge in [0.15, 0.2) is 0 Å². The van der Waals surface area contributed by atoms with Crippen LogP contribution in [0.3, 0.4) is 0 Å². The van der Waals surface area contributed by atoms with Gasteiger partial charge in [-0.2, -0.15) is 13.2 Å². The first-order valence-electron chi connectivity index (χ1n) is 5.94. The Kier molecular flexibility index (Phi) is 4.17. The van der Waals surface area contributed by atoms with Gasteiger partial charge in [0.2, 0.25) is 0 Å². The molecule has 2 nitrogen and oxygen atoms in total. The number of halogens is 5. The summed E-state index contributed by atoms with van der Waals surface area (Å²) in [7, 11) is 0. The number of nitrogens with zero attached hydrogens (tertiary/aromatic N) is 1. The van der Waals surface area contributed by atoms with Crippen LogP contribution in [0.15, 0.2) is 22.7 Å². The summed E-state index contributed by atoms with van der Waals surface area (Å²) in [4.78, 5) is 3.52. The van der Waals surface area contributed by atoms with Gasteiger partial charge in [-0.3, -0.25) is 0 Å². The third kappa shape index (κ3) is 2.87. The highest BCUT2D eigenvalue weighted by Gasteiger charge is 2.34. The Hall–Kier alpha value is -1.37. The number of nitrogens with one attached hydrogen (secondary N) is 1. The van der Waals surface area contributed by atoms with Crippen molar-refractivity contribution in [2.45, 2.75) is 19.5 Å². The molecule has 0 bridgehead atoms. The van der Waals surface area contributed by atoms with Crippen molar-refractivity contribution >= 4 is 32.5 Å². The van der Waals surface area contributed by atoms with E-state index >= 15 is 0 Å². The fraction of sp³-hybridized carbons (Fsp3) is 0.308. The van der Waals surface area contributed by atoms with Crippen LogP contribution in [0.4, 0.5) is 23.2 Å². The lowest BCUT2D eigenvalue weighted by molar-refractivity contribution is -0.140. The van der Waals surface area contributed by atoms with Crippen molar-refractivity contribution in [3.05, 3.63) is 34.2 Å². The molecular formula is C13H11BrF4N2. The fourth-order valence-electron chi connectivity index (χ4n) is 1.81. The number of benzene rings is 1. The van der Waals surface area contributed by atoms with Gasteiger partial charge in [-0.25, -0.2) is 9.37 Å². The maximum absolute atomic E-state index is 13.9. The molecule has 0 saturated carbocycles. The van der Waals surface area contributed by atoms with Crippen LogP contribution < -0.4 is 5.32 Å². The number of hydrogen-bond acceptors (Lipinski definition) is 2. The monoisotopic (exact) mass is 350 g/mol. The number of alkyl halides is 3. The van der Waals surface area contributed by atoms with Crippen LogP contribution in [-0.4, -0.2) is 11.5 Å². The SMILES string of the molecule is CCCNc1cc(C(F)(F)F)nc2c(Br)ccc(F)c12. The minimum Gasteiger partial charge on any atom is -0.384 e. The number of hydrogen-bond donors (Lipinski definition) is 1. The lowest BCUT2D eigenvalue weighted by Crippen LogP contribution is -2.11. The molecule has 1 aromatic carbocycles. The molecular weight excluding hydrogens is 340 g/mol. The van der Waals surface area contributed by atoms with Gasteiger partial charge in [0.25, 0.3) is 0 Å². The zero-order valence-corrected chi connectivity index (χ0v) is 12.1. The lowest BCUT2D eigenvalue weighted by Gasteiger charge is -2.14. The maximum atomic E-state index is 13.9. The highest BCUT2D eigenvalue weighted by Crippen LogP contribution is 2.36. The van der Waals surface area contributed by atoms with Gasteiger partial charge in [0, 0.05) is 16.7 Å². The first-order valence-corrected chi connectivity index (χ1v) is 6.73. The number of pyridine rings is 1. The molecule has 0 radical (unpaired) electrons. The minimum absolute atomic E-state index is 0.0431. The van der Waals surface area contributed by atoms with Crippen molar-refractivity contribution in [3.8, 4) is 0 Å². The normalized spacial score (nSPS) is 11.9. The average molecular weight is 351 g/mol. The largest absolute Gasteiger partial charge is 0.433 e. The molecule has 0 atom stereocenters. The van der Waals surface area contributed by atoms with E-state index in [1.54, 1.807) is 0 Å². The van der Waals surface area contributed by atoms with Crippen LogP contribution in [0, 0.1) is 5.82 Å². The van der Waals surface area contributed by atoms with Crippen LogP contribution in [0.1, 0.15) is 19.0 Å². The van der Waals surface area contributed by atoms with Crippen molar-refractivity contribution in [3.63, 3.8) is 0 Å². The Labute approximate surface area is 121 Å². The van der Waals surface area contributed by atoms with Gasteiger partial charge in [-0.15, -0.1) is 0 Å². The predicted octanol–water partition coefficient (Wildman–Crippen LogP) is 4.98. The Balaban J connectivity index is 2.74. The van der Waals surface area contributed by atoms with Crippen molar-refractivity contribution in [2.24, 2.45) is 0 Å². The summed E-state index contributed by atoms with van der Waals surface area (Å²) >= 11 is 3.11. The molecule has 20 heavy (non-hydrogen) atoms. The van der Waals surface area contributed by atoms with Crippen LogP contribution in [0.2, 0.25) is 0 Å². The van der Waals surface area contributed by atoms with Crippen molar-refractivity contribution in [2.75, 3.05) is 11.9 Å². The summed E-state index contributed by atoms with van der Waals surface area (Å²) in [6.07, 6.45) is -3.87. The zero-order chi connectivity index (χ0) is 14.9. The smallest absolute Gasteiger partial charge is 0.384 e. The number of aromatic nitrogens is 1. The molecule has 7 heteroatoms. The summed E-state index contributed by atoms with van der Waals surface area (Å²) in [5.41, 5.74) is -0.990. The lowest BCUT2D eigenvalue weighted by atomic mass is 10.1. The molecule has 0 amide bonds. The van der Waals surface area contributed by atoms with E-state index in [1.165, 1.54) is 12.1 Å². The van der Waals surface area contributed by atoms with Crippen molar-refractivity contribution in [1.82, 2.24) is 4.98 Å². The van der Waals surface area contributed by atoms with Gasteiger partial charge >= 0.3 is 6.18 Å². The van der Waals surface area contributed by atoms with Crippen LogP contribution in [-0.2, 0) is 6.18 Å². The molecule has 0 spiro atoms. The molecule has 0 aliphatic carbocycles. The number of fused-ring (bicyclic) bond motifs is 1. The van der Waals surface area contributed by atoms with Gasteiger partial charge in [0.1, 0.15) is 11.5 Å². The molecule has 2 rings (SSSR count). The molecule has 2 aromatic rings. The molecule has 0 aliphatic heterocycles. The summed E-state index contributed by atoms with van der Waals surface area (Å²) in [6.45, 7) is 2.32. The van der Waals surface area contributed by atoms with Crippen LogP contribution >= 0.6 is 15.9 Å². The molecule has 108 valence electrons. The third-order valence-corrected chi connectivity index (χ3v) is 3.36. The standard InChI is InChI=1S/C13H11BrF4N2/c1-2-5-19-9-6-10(13(16,17)18)20-12-7(14)3-4-8(15)11(9)12/h3-4,6H,2,5H2,1H3,(H,19,20). The first kappa shape index (κ1) is 15.0. The molecule has 1 N–H and O–H groups in total. The summed E-state index contributed by atoms with van der Waals surface area (Å²) in [6, 6.07) is 3.38. The van der Waals surface area contributed by atoms with E-state index in [9.17, 15) is 17.6 Å². The Morgan fingerprint density at radius 3 is 2.60 bits per heavy atom. The Morgan fingerprint density at radius 1 is 1.30 bits per heavy atom. The van der Waals surface area contributed by atoms with Gasteiger partial charge in [0.05, 0.1) is 10.9 Å². The van der Waals surface area contributed by atoms with E-state index in [2.05, 4.69) is 26.2 Å². The van der Waals surface area contributed by atoms with Gasteiger partial charge < -0.3 is 5.32 Å². The van der Waals surface area contributed by atoms with Crippen LogP contribution in [0.25, 0.3) is 10.9 Å². The highest BCUT2D eigenvalue weighted by atomic mass is 79.9. The maximum Gasteiger partial charge on any atom is 0.433 e. The Morgan fingerprint density at radius 2 is 2.00 bits per heavy atom. The third-order valence-electron chi connectivity index (χ3n) is 2.72. The molecule has 0 unspecified atom stereocenters. The second-order valence-corrected chi connectivity index (χ2v) is 5.09.